The Morgan fingerprint density at radius 2 is 2.47 bits per heavy atom. The molecule has 1 saturated heterocycles. The second-order valence-corrected chi connectivity index (χ2v) is 4.19. The van der Waals surface area contributed by atoms with Crippen LogP contribution < -0.4 is 5.32 Å². The number of likely N-dealkylation sites (tertiary alicyclic amines) is 1. The van der Waals surface area contributed by atoms with E-state index in [1.807, 2.05) is 4.90 Å². The van der Waals surface area contributed by atoms with Crippen LogP contribution in [0.15, 0.2) is 0 Å². The van der Waals surface area contributed by atoms with Crippen LogP contribution in [-0.4, -0.2) is 30.6 Å². The molecule has 1 rings (SSSR count). The summed E-state index contributed by atoms with van der Waals surface area (Å²) in [6.07, 6.45) is 3.58. The van der Waals surface area contributed by atoms with Crippen molar-refractivity contribution in [2.24, 2.45) is 5.92 Å². The smallest absolute Gasteiger partial charge is 0.317 e. The van der Waals surface area contributed by atoms with Gasteiger partial charge < -0.3 is 10.2 Å². The lowest BCUT2D eigenvalue weighted by Gasteiger charge is -2.30. The highest BCUT2D eigenvalue weighted by molar-refractivity contribution is 5.74. The Labute approximate surface area is 91.2 Å². The molecule has 0 bridgehead atoms. The summed E-state index contributed by atoms with van der Waals surface area (Å²) in [7, 11) is 0. The first kappa shape index (κ1) is 11.8. The fourth-order valence-electron chi connectivity index (χ4n) is 1.85. The molecule has 0 spiro atoms. The molecule has 15 heavy (non-hydrogen) atoms. The molecule has 1 atom stereocenters. The summed E-state index contributed by atoms with van der Waals surface area (Å²) < 4.78 is 0. The van der Waals surface area contributed by atoms with E-state index < -0.39 is 0 Å². The topological polar surface area (TPSA) is 56.1 Å². The van der Waals surface area contributed by atoms with Gasteiger partial charge in [-0.3, -0.25) is 0 Å². The number of piperidine rings is 1. The van der Waals surface area contributed by atoms with Gasteiger partial charge in [0.2, 0.25) is 0 Å². The average Bonchev–Trinajstić information content (AvgIpc) is 2.24. The Kier molecular flexibility index (Phi) is 4.96. The summed E-state index contributed by atoms with van der Waals surface area (Å²) in [6.45, 7) is 4.52. The molecule has 4 nitrogen and oxygen atoms in total. The summed E-state index contributed by atoms with van der Waals surface area (Å²) in [5, 5.41) is 11.2. The molecule has 1 N–H and O–H groups in total. The molecule has 1 unspecified atom stereocenters. The first-order chi connectivity index (χ1) is 7.24. The lowest BCUT2D eigenvalue weighted by Crippen LogP contribution is -2.45. The quantitative estimate of drug-likeness (QED) is 0.720. The molecule has 0 radical (unpaired) electrons. The number of unbranched alkanes of at least 4 members (excludes halogenated alkanes) is 1. The number of amides is 2. The number of carbonyl (C=O) groups excluding carboxylic acids is 1. The predicted molar refractivity (Wildman–Crippen MR) is 58.2 cm³/mol. The van der Waals surface area contributed by atoms with Crippen LogP contribution in [0.25, 0.3) is 0 Å². The molecule has 1 aliphatic heterocycles. The standard InChI is InChI=1S/C11H19N3O/c1-10-5-4-8-14(9-10)11(15)13-7-3-2-6-12/h10H,2-5,7-9H2,1H3,(H,13,15). The van der Waals surface area contributed by atoms with Gasteiger partial charge in [0.1, 0.15) is 0 Å². The Hall–Kier alpha value is -1.24. The number of nitrogens with zero attached hydrogens (tertiary/aromatic N) is 2. The highest BCUT2D eigenvalue weighted by Gasteiger charge is 2.20. The molecule has 1 fully saturated rings. The zero-order chi connectivity index (χ0) is 11.1. The maximum atomic E-state index is 11.6. The number of hydrogen-bond donors (Lipinski definition) is 1. The number of nitrogens with one attached hydrogen (secondary N) is 1. The predicted octanol–water partition coefficient (Wildman–Crippen LogP) is 1.73. The molecule has 0 aliphatic carbocycles. The van der Waals surface area contributed by atoms with E-state index in [2.05, 4.69) is 18.3 Å². The minimum Gasteiger partial charge on any atom is -0.338 e. The second kappa shape index (κ2) is 6.28. The lowest BCUT2D eigenvalue weighted by molar-refractivity contribution is 0.170. The van der Waals surface area contributed by atoms with E-state index in [0.717, 1.165) is 25.9 Å². The van der Waals surface area contributed by atoms with Crippen molar-refractivity contribution in [1.82, 2.24) is 10.2 Å². The van der Waals surface area contributed by atoms with Crippen molar-refractivity contribution in [1.29, 1.82) is 5.26 Å². The third-order valence-electron chi connectivity index (χ3n) is 2.69. The van der Waals surface area contributed by atoms with Gasteiger partial charge >= 0.3 is 6.03 Å². The highest BCUT2D eigenvalue weighted by atomic mass is 16.2. The molecular formula is C11H19N3O. The van der Waals surface area contributed by atoms with E-state index in [9.17, 15) is 4.79 Å². The molecule has 0 aromatic rings. The number of rotatable bonds is 3. The van der Waals surface area contributed by atoms with Crippen molar-refractivity contribution in [3.05, 3.63) is 0 Å². The molecule has 2 amide bonds. The van der Waals surface area contributed by atoms with Crippen LogP contribution in [0.2, 0.25) is 0 Å². The molecule has 84 valence electrons. The Bertz CT molecular complexity index is 247. The monoisotopic (exact) mass is 209 g/mol. The molecule has 4 heteroatoms. The van der Waals surface area contributed by atoms with Crippen molar-refractivity contribution < 1.29 is 4.79 Å². The van der Waals surface area contributed by atoms with Gasteiger partial charge in [-0.1, -0.05) is 6.92 Å². The van der Waals surface area contributed by atoms with Gasteiger partial charge in [0.05, 0.1) is 6.07 Å². The molecule has 0 saturated carbocycles. The van der Waals surface area contributed by atoms with Crippen LogP contribution in [0.4, 0.5) is 4.79 Å². The molecule has 0 aromatic heterocycles. The van der Waals surface area contributed by atoms with E-state index in [0.29, 0.717) is 18.9 Å². The first-order valence-electron chi connectivity index (χ1n) is 5.63. The van der Waals surface area contributed by atoms with Crippen LogP contribution in [0.5, 0.6) is 0 Å². The Balaban J connectivity index is 2.18. The van der Waals surface area contributed by atoms with E-state index in [1.165, 1.54) is 6.42 Å². The first-order valence-corrected chi connectivity index (χ1v) is 5.63. The minimum atomic E-state index is 0.0273. The van der Waals surface area contributed by atoms with Crippen molar-refractivity contribution >= 4 is 6.03 Å². The summed E-state index contributed by atoms with van der Waals surface area (Å²) in [5.74, 6) is 0.614. The number of nitriles is 1. The average molecular weight is 209 g/mol. The minimum absolute atomic E-state index is 0.0273. The fraction of sp³-hybridized carbons (Fsp3) is 0.818. The van der Waals surface area contributed by atoms with Crippen LogP contribution in [0, 0.1) is 17.2 Å². The number of carbonyl (C=O) groups is 1. The molecule has 1 heterocycles. The van der Waals surface area contributed by atoms with E-state index in [4.69, 9.17) is 5.26 Å². The molecule has 1 aliphatic rings. The summed E-state index contributed by atoms with van der Waals surface area (Å²) in [4.78, 5) is 13.5. The van der Waals surface area contributed by atoms with Crippen LogP contribution in [0.1, 0.15) is 32.6 Å². The maximum Gasteiger partial charge on any atom is 0.317 e. The Morgan fingerprint density at radius 3 is 3.13 bits per heavy atom. The fourth-order valence-corrected chi connectivity index (χ4v) is 1.85. The van der Waals surface area contributed by atoms with Gasteiger partial charge in [-0.05, 0) is 25.2 Å². The molecular weight excluding hydrogens is 190 g/mol. The van der Waals surface area contributed by atoms with Crippen molar-refractivity contribution in [2.75, 3.05) is 19.6 Å². The van der Waals surface area contributed by atoms with Crippen molar-refractivity contribution in [3.8, 4) is 6.07 Å². The van der Waals surface area contributed by atoms with Crippen LogP contribution >= 0.6 is 0 Å². The molecule has 0 aromatic carbocycles. The normalized spacial score (nSPS) is 20.8. The van der Waals surface area contributed by atoms with Crippen molar-refractivity contribution in [2.45, 2.75) is 32.6 Å². The van der Waals surface area contributed by atoms with Gasteiger partial charge in [0.15, 0.2) is 0 Å². The summed E-state index contributed by atoms with van der Waals surface area (Å²) in [5.41, 5.74) is 0. The van der Waals surface area contributed by atoms with Gasteiger partial charge in [-0.2, -0.15) is 5.26 Å². The zero-order valence-corrected chi connectivity index (χ0v) is 9.33. The van der Waals surface area contributed by atoms with Crippen LogP contribution in [-0.2, 0) is 0 Å². The largest absolute Gasteiger partial charge is 0.338 e. The maximum absolute atomic E-state index is 11.6. The van der Waals surface area contributed by atoms with Gasteiger partial charge in [-0.25, -0.2) is 4.79 Å². The number of hydrogen-bond acceptors (Lipinski definition) is 2. The number of urea groups is 1. The summed E-state index contributed by atoms with van der Waals surface area (Å²) in [6, 6.07) is 2.09. The lowest BCUT2D eigenvalue weighted by atomic mass is 10.0. The van der Waals surface area contributed by atoms with Crippen molar-refractivity contribution in [3.63, 3.8) is 0 Å². The van der Waals surface area contributed by atoms with Gasteiger partial charge in [0.25, 0.3) is 0 Å². The van der Waals surface area contributed by atoms with Crippen LogP contribution in [0.3, 0.4) is 0 Å². The second-order valence-electron chi connectivity index (χ2n) is 4.19. The highest BCUT2D eigenvalue weighted by Crippen LogP contribution is 2.15. The van der Waals surface area contributed by atoms with E-state index >= 15 is 0 Å². The third kappa shape index (κ3) is 4.20. The Morgan fingerprint density at radius 1 is 1.67 bits per heavy atom. The zero-order valence-electron chi connectivity index (χ0n) is 9.33. The van der Waals surface area contributed by atoms with E-state index in [1.54, 1.807) is 0 Å². The summed E-state index contributed by atoms with van der Waals surface area (Å²) >= 11 is 0. The third-order valence-corrected chi connectivity index (χ3v) is 2.69. The van der Waals surface area contributed by atoms with Gasteiger partial charge in [-0.15, -0.1) is 0 Å². The van der Waals surface area contributed by atoms with Gasteiger partial charge in [0, 0.05) is 26.1 Å². The van der Waals surface area contributed by atoms with E-state index in [-0.39, 0.29) is 6.03 Å². The SMILES string of the molecule is CC1CCCN(C(=O)NCCCC#N)C1.